The number of carbonyl (C=O) groups is 1. The second-order valence-electron chi connectivity index (χ2n) is 4.05. The van der Waals surface area contributed by atoms with Crippen LogP contribution in [0.1, 0.15) is 18.6 Å². The molecule has 1 amide bonds. The molecule has 1 aromatic carbocycles. The third-order valence-electron chi connectivity index (χ3n) is 2.76. The molecule has 0 aliphatic carbocycles. The number of carbonyl (C=O) groups excluding carboxylic acids is 1. The number of rotatable bonds is 3. The summed E-state index contributed by atoms with van der Waals surface area (Å²) in [5, 5.41) is 1.83. The van der Waals surface area contributed by atoms with Crippen molar-refractivity contribution in [1.29, 1.82) is 0 Å². The van der Waals surface area contributed by atoms with E-state index in [1.807, 2.05) is 35.3 Å². The van der Waals surface area contributed by atoms with Crippen LogP contribution in [-0.4, -0.2) is 37.4 Å². The van der Waals surface area contributed by atoms with Gasteiger partial charge >= 0.3 is 6.09 Å². The van der Waals surface area contributed by atoms with E-state index in [0.29, 0.717) is 26.3 Å². The van der Waals surface area contributed by atoms with Crippen LogP contribution >= 0.6 is 0 Å². The van der Waals surface area contributed by atoms with Gasteiger partial charge in [-0.25, -0.2) is 9.80 Å². The summed E-state index contributed by atoms with van der Waals surface area (Å²) < 4.78 is 10.6. The quantitative estimate of drug-likeness (QED) is 0.887. The number of ether oxygens (including phenoxy) is 2. The minimum Gasteiger partial charge on any atom is -0.449 e. The maximum Gasteiger partial charge on any atom is 0.421 e. The van der Waals surface area contributed by atoms with Gasteiger partial charge in [-0.15, -0.1) is 0 Å². The largest absolute Gasteiger partial charge is 0.449 e. The lowest BCUT2D eigenvalue weighted by Crippen LogP contribution is -2.49. The molecule has 5 nitrogen and oxygen atoms in total. The minimum atomic E-state index is -0.411. The molecule has 1 aliphatic heterocycles. The van der Waals surface area contributed by atoms with Gasteiger partial charge in [0.05, 0.1) is 19.3 Å². The van der Waals surface area contributed by atoms with Crippen molar-refractivity contribution in [2.45, 2.75) is 13.0 Å². The van der Waals surface area contributed by atoms with Crippen LogP contribution in [0.5, 0.6) is 0 Å². The van der Waals surface area contributed by atoms with E-state index in [2.05, 4.69) is 5.43 Å². The third-order valence-corrected chi connectivity index (χ3v) is 2.76. The molecule has 0 saturated carbocycles. The number of hydrogen-bond acceptors (Lipinski definition) is 4. The van der Waals surface area contributed by atoms with Gasteiger partial charge < -0.3 is 9.47 Å². The van der Waals surface area contributed by atoms with Crippen LogP contribution in [-0.2, 0) is 9.47 Å². The highest BCUT2D eigenvalue weighted by Crippen LogP contribution is 2.20. The van der Waals surface area contributed by atoms with Crippen LogP contribution in [0.4, 0.5) is 4.79 Å². The summed E-state index contributed by atoms with van der Waals surface area (Å²) in [6.07, 6.45) is -0.423. The lowest BCUT2D eigenvalue weighted by molar-refractivity contribution is -0.0471. The summed E-state index contributed by atoms with van der Waals surface area (Å²) in [7, 11) is 0. The molecule has 1 saturated heterocycles. The Morgan fingerprint density at radius 3 is 3.00 bits per heavy atom. The topological polar surface area (TPSA) is 50.8 Å². The molecule has 1 aliphatic rings. The van der Waals surface area contributed by atoms with Crippen molar-refractivity contribution in [3.8, 4) is 0 Å². The van der Waals surface area contributed by atoms with Crippen molar-refractivity contribution >= 4 is 6.09 Å². The Morgan fingerprint density at radius 2 is 2.28 bits per heavy atom. The molecular weight excluding hydrogens is 232 g/mol. The minimum absolute atomic E-state index is 0.0122. The molecule has 1 N–H and O–H groups in total. The molecule has 1 atom stereocenters. The zero-order chi connectivity index (χ0) is 12.8. The van der Waals surface area contributed by atoms with Crippen LogP contribution in [0.15, 0.2) is 30.3 Å². The van der Waals surface area contributed by atoms with Crippen LogP contribution in [0, 0.1) is 0 Å². The number of benzene rings is 1. The molecule has 1 heterocycles. The van der Waals surface area contributed by atoms with E-state index in [-0.39, 0.29) is 6.10 Å². The van der Waals surface area contributed by atoms with Gasteiger partial charge in [0.15, 0.2) is 0 Å². The monoisotopic (exact) mass is 250 g/mol. The van der Waals surface area contributed by atoms with Gasteiger partial charge in [-0.3, -0.25) is 5.43 Å². The summed E-state index contributed by atoms with van der Waals surface area (Å²) in [4.78, 5) is 11.3. The van der Waals surface area contributed by atoms with Gasteiger partial charge in [0.25, 0.3) is 0 Å². The van der Waals surface area contributed by atoms with E-state index >= 15 is 0 Å². The van der Waals surface area contributed by atoms with E-state index in [1.54, 1.807) is 6.92 Å². The standard InChI is InChI=1S/C13H18N2O3/c1-2-17-13(16)14-15-8-9-18-12(10-15)11-6-4-3-5-7-11/h3-7,12H,2,8-10H2,1H3,(H,14,16). The molecule has 1 unspecified atom stereocenters. The van der Waals surface area contributed by atoms with Crippen LogP contribution < -0.4 is 5.43 Å². The maximum absolute atomic E-state index is 11.3. The highest BCUT2D eigenvalue weighted by molar-refractivity contribution is 5.66. The zero-order valence-electron chi connectivity index (χ0n) is 10.5. The molecule has 98 valence electrons. The molecule has 1 fully saturated rings. The number of hydrogen-bond donors (Lipinski definition) is 1. The molecule has 18 heavy (non-hydrogen) atoms. The molecule has 0 radical (unpaired) electrons. The fraction of sp³-hybridized carbons (Fsp3) is 0.462. The van der Waals surface area contributed by atoms with Crippen molar-refractivity contribution in [2.75, 3.05) is 26.3 Å². The summed E-state index contributed by atoms with van der Waals surface area (Å²) >= 11 is 0. The predicted molar refractivity (Wildman–Crippen MR) is 66.9 cm³/mol. The molecule has 2 rings (SSSR count). The molecular formula is C13H18N2O3. The number of amides is 1. The average molecular weight is 250 g/mol. The highest BCUT2D eigenvalue weighted by atomic mass is 16.6. The van der Waals surface area contributed by atoms with Crippen molar-refractivity contribution in [3.63, 3.8) is 0 Å². The Bertz CT molecular complexity index is 383. The van der Waals surface area contributed by atoms with Gasteiger partial charge in [-0.05, 0) is 12.5 Å². The summed E-state index contributed by atoms with van der Waals surface area (Å²) in [6.45, 7) is 4.04. The lowest BCUT2D eigenvalue weighted by atomic mass is 10.1. The van der Waals surface area contributed by atoms with E-state index in [4.69, 9.17) is 9.47 Å². The molecule has 0 spiro atoms. The van der Waals surface area contributed by atoms with Crippen LogP contribution in [0.25, 0.3) is 0 Å². The third kappa shape index (κ3) is 3.45. The smallest absolute Gasteiger partial charge is 0.421 e. The van der Waals surface area contributed by atoms with E-state index in [9.17, 15) is 4.79 Å². The van der Waals surface area contributed by atoms with E-state index in [1.165, 1.54) is 0 Å². The summed E-state index contributed by atoms with van der Waals surface area (Å²) in [5.74, 6) is 0. The first-order valence-corrected chi connectivity index (χ1v) is 6.14. The number of nitrogens with one attached hydrogen (secondary N) is 1. The van der Waals surface area contributed by atoms with Crippen molar-refractivity contribution in [1.82, 2.24) is 10.4 Å². The fourth-order valence-corrected chi connectivity index (χ4v) is 1.91. The van der Waals surface area contributed by atoms with Gasteiger partial charge in [0.2, 0.25) is 0 Å². The Morgan fingerprint density at radius 1 is 1.50 bits per heavy atom. The highest BCUT2D eigenvalue weighted by Gasteiger charge is 2.23. The number of hydrazine groups is 1. The van der Waals surface area contributed by atoms with E-state index < -0.39 is 6.09 Å². The normalized spacial score (nSPS) is 20.4. The Balaban J connectivity index is 1.91. The van der Waals surface area contributed by atoms with Crippen LogP contribution in [0.2, 0.25) is 0 Å². The fourth-order valence-electron chi connectivity index (χ4n) is 1.91. The first-order valence-electron chi connectivity index (χ1n) is 6.14. The van der Waals surface area contributed by atoms with Gasteiger partial charge in [0.1, 0.15) is 0 Å². The Hall–Kier alpha value is -1.59. The van der Waals surface area contributed by atoms with Crippen molar-refractivity contribution in [3.05, 3.63) is 35.9 Å². The zero-order valence-corrected chi connectivity index (χ0v) is 10.5. The number of morpholine rings is 1. The first-order chi connectivity index (χ1) is 8.79. The first kappa shape index (κ1) is 12.9. The van der Waals surface area contributed by atoms with Gasteiger partial charge in [-0.1, -0.05) is 30.3 Å². The second kappa shape index (κ2) is 6.37. The molecule has 0 bridgehead atoms. The molecule has 0 aromatic heterocycles. The lowest BCUT2D eigenvalue weighted by Gasteiger charge is -2.32. The molecule has 5 heteroatoms. The van der Waals surface area contributed by atoms with Crippen molar-refractivity contribution in [2.24, 2.45) is 0 Å². The summed E-state index contributed by atoms with van der Waals surface area (Å²) in [6, 6.07) is 9.99. The average Bonchev–Trinajstić information content (AvgIpc) is 2.40. The van der Waals surface area contributed by atoms with Crippen LogP contribution in [0.3, 0.4) is 0 Å². The SMILES string of the molecule is CCOC(=O)NN1CCOC(c2ccccc2)C1. The van der Waals surface area contributed by atoms with Gasteiger partial charge in [0, 0.05) is 13.1 Å². The van der Waals surface area contributed by atoms with Crippen molar-refractivity contribution < 1.29 is 14.3 Å². The Kier molecular flexibility index (Phi) is 4.55. The second-order valence-corrected chi connectivity index (χ2v) is 4.05. The molecule has 1 aromatic rings. The van der Waals surface area contributed by atoms with Gasteiger partial charge in [-0.2, -0.15) is 0 Å². The Labute approximate surface area is 107 Å². The maximum atomic E-state index is 11.3. The number of nitrogens with zero attached hydrogens (tertiary/aromatic N) is 1. The summed E-state index contributed by atoms with van der Waals surface area (Å²) in [5.41, 5.74) is 3.83. The van der Waals surface area contributed by atoms with E-state index in [0.717, 1.165) is 5.56 Å². The predicted octanol–water partition coefficient (Wildman–Crippen LogP) is 1.72.